The molecule has 0 rings (SSSR count). The molecule has 0 unspecified atom stereocenters. The van der Waals surface area contributed by atoms with Gasteiger partial charge in [-0.15, -0.1) is 0 Å². The second kappa shape index (κ2) is 2.65. The lowest BCUT2D eigenvalue weighted by atomic mass is 11.9. The number of hydrogen-bond donors (Lipinski definition) is 0. The van der Waals surface area contributed by atoms with Gasteiger partial charge in [-0.2, -0.15) is 0 Å². The summed E-state index contributed by atoms with van der Waals surface area (Å²) < 4.78 is 0.549. The van der Waals surface area contributed by atoms with E-state index in [1.54, 1.807) is 0 Å². The van der Waals surface area contributed by atoms with Crippen molar-refractivity contribution in [2.75, 3.05) is 0 Å². The minimum atomic E-state index is 0.549. The van der Waals surface area contributed by atoms with Gasteiger partial charge in [-0.05, 0) is 0 Å². The third kappa shape index (κ3) is 21.5. The molecule has 0 N–H and O–H groups in total. The number of rotatable bonds is 0. The molecule has 0 aliphatic heterocycles. The summed E-state index contributed by atoms with van der Waals surface area (Å²) in [6.45, 7) is 0. The highest BCUT2D eigenvalue weighted by Crippen LogP contribution is 2.30. The van der Waals surface area contributed by atoms with Gasteiger partial charge >= 0.3 is 0 Å². The standard InChI is InChI=1S/CH3I3Si/c2-1(3,4)5/h5H3. The number of halogens is 3. The van der Waals surface area contributed by atoms with Gasteiger partial charge in [-0.3, -0.25) is 0 Å². The van der Waals surface area contributed by atoms with Gasteiger partial charge in [0, 0.05) is 10.2 Å². The first-order valence-corrected chi connectivity index (χ1v) is 5.30. The Morgan fingerprint density at radius 3 is 1.20 bits per heavy atom. The van der Waals surface area contributed by atoms with Crippen molar-refractivity contribution in [3.05, 3.63) is 0 Å². The predicted molar refractivity (Wildman–Crippen MR) is 54.7 cm³/mol. The first-order valence-electron chi connectivity index (χ1n) is 1.07. The molecule has 32 valence electrons. The molecule has 0 aliphatic rings. The zero-order chi connectivity index (χ0) is 4.50. The normalized spacial score (nSPS) is 12.6. The Balaban J connectivity index is 3.02. The smallest absolute Gasteiger partial charge is 0.0607 e. The van der Waals surface area contributed by atoms with Gasteiger partial charge < -0.3 is 0 Å². The van der Waals surface area contributed by atoms with Crippen LogP contribution in [0.1, 0.15) is 0 Å². The largest absolute Gasteiger partial charge is 0.103 e. The summed E-state index contributed by atoms with van der Waals surface area (Å²) >= 11 is 7.24. The van der Waals surface area contributed by atoms with E-state index in [9.17, 15) is 0 Å². The van der Waals surface area contributed by atoms with Gasteiger partial charge in [0.1, 0.15) is -0.942 Å². The van der Waals surface area contributed by atoms with E-state index >= 15 is 0 Å². The van der Waals surface area contributed by atoms with Gasteiger partial charge in [-0.25, -0.2) is 0 Å². The Morgan fingerprint density at radius 1 is 1.20 bits per heavy atom. The molecule has 0 aromatic carbocycles. The van der Waals surface area contributed by atoms with Gasteiger partial charge in [0.15, 0.2) is 0 Å². The second-order valence-corrected chi connectivity index (χ2v) is 21.1. The van der Waals surface area contributed by atoms with Crippen LogP contribution in [0.2, 0.25) is 0 Å². The molecule has 0 nitrogen and oxygen atoms in total. The van der Waals surface area contributed by atoms with Crippen molar-refractivity contribution in [1.29, 1.82) is 0 Å². The Bertz CT molecular complexity index is 22.4. The molecule has 0 spiro atoms. The van der Waals surface area contributed by atoms with Crippen LogP contribution >= 0.6 is 67.8 Å². The van der Waals surface area contributed by atoms with Crippen molar-refractivity contribution < 1.29 is 0 Å². The van der Waals surface area contributed by atoms with Crippen molar-refractivity contribution in [2.45, 2.75) is -0.942 Å². The van der Waals surface area contributed by atoms with Crippen molar-refractivity contribution in [2.24, 2.45) is 0 Å². The molecule has 0 amide bonds. The fourth-order valence-electron chi connectivity index (χ4n) is 0. The molecule has 0 aromatic rings. The van der Waals surface area contributed by atoms with Crippen LogP contribution < -0.4 is 0 Å². The molecule has 0 radical (unpaired) electrons. The van der Waals surface area contributed by atoms with E-state index in [2.05, 4.69) is 67.8 Å². The summed E-state index contributed by atoms with van der Waals surface area (Å²) in [5, 5.41) is 0. The lowest BCUT2D eigenvalue weighted by molar-refractivity contribution is 2.20. The molecule has 0 atom stereocenters. The fourth-order valence-corrected chi connectivity index (χ4v) is 0. The molecule has 0 bridgehead atoms. The summed E-state index contributed by atoms with van der Waals surface area (Å²) in [5.41, 5.74) is 0. The maximum Gasteiger partial charge on any atom is 0.103 e. The summed E-state index contributed by atoms with van der Waals surface area (Å²) in [6, 6.07) is 0. The van der Waals surface area contributed by atoms with E-state index in [1.165, 1.54) is 10.2 Å². The lowest BCUT2D eigenvalue weighted by Crippen LogP contribution is -1.92. The average Bonchev–Trinajstić information content (AvgIpc) is 0.722. The van der Waals surface area contributed by atoms with Crippen LogP contribution in [0.25, 0.3) is 0 Å². The molecule has 0 fully saturated rings. The lowest BCUT2D eigenvalue weighted by Gasteiger charge is -1.97. The quantitative estimate of drug-likeness (QED) is 0.313. The third-order valence-electron chi connectivity index (χ3n) is 0. The van der Waals surface area contributed by atoms with Crippen LogP contribution in [0.4, 0.5) is 0 Å². The van der Waals surface area contributed by atoms with Crippen LogP contribution in [0.15, 0.2) is 0 Å². The summed E-state index contributed by atoms with van der Waals surface area (Å²) in [5.74, 6) is 0. The van der Waals surface area contributed by atoms with Crippen molar-refractivity contribution in [1.82, 2.24) is 0 Å². The highest BCUT2D eigenvalue weighted by atomic mass is 127. The fraction of sp³-hybridized carbons (Fsp3) is 1.00. The van der Waals surface area contributed by atoms with Crippen molar-refractivity contribution in [3.63, 3.8) is 0 Å². The number of alkyl halides is 3. The minimum Gasteiger partial charge on any atom is -0.0607 e. The maximum atomic E-state index is 2.41. The minimum absolute atomic E-state index is 0.549. The Kier molecular flexibility index (Phi) is 3.93. The van der Waals surface area contributed by atoms with Gasteiger partial charge in [0.2, 0.25) is 0 Å². The summed E-state index contributed by atoms with van der Waals surface area (Å²) in [7, 11) is 1.27. The molecule has 0 heterocycles. The van der Waals surface area contributed by atoms with Crippen molar-refractivity contribution in [3.8, 4) is 0 Å². The molecule has 0 saturated heterocycles. The average molecular weight is 424 g/mol. The molecule has 0 aliphatic carbocycles. The Labute approximate surface area is 75.7 Å². The molecule has 5 heavy (non-hydrogen) atoms. The van der Waals surface area contributed by atoms with E-state index in [0.29, 0.717) is -0.942 Å². The zero-order valence-corrected chi connectivity index (χ0v) is 11.1. The summed E-state index contributed by atoms with van der Waals surface area (Å²) in [6.07, 6.45) is 0. The monoisotopic (exact) mass is 424 g/mol. The Morgan fingerprint density at radius 2 is 1.20 bits per heavy atom. The maximum absolute atomic E-state index is 2.41. The van der Waals surface area contributed by atoms with E-state index in [0.717, 1.165) is 0 Å². The third-order valence-corrected chi connectivity index (χ3v) is 0. The summed E-state index contributed by atoms with van der Waals surface area (Å²) in [4.78, 5) is 0. The molecular weight excluding hydrogens is 421 g/mol. The molecule has 0 aromatic heterocycles. The van der Waals surface area contributed by atoms with Crippen LogP contribution in [-0.2, 0) is 0 Å². The first-order chi connectivity index (χ1) is 2.00. The SMILES string of the molecule is [SiH3]C(I)(I)I. The Hall–Kier alpha value is 2.41. The predicted octanol–water partition coefficient (Wildman–Crippen LogP) is 1.27. The van der Waals surface area contributed by atoms with E-state index < -0.39 is 0 Å². The highest BCUT2D eigenvalue weighted by Gasteiger charge is 2.04. The van der Waals surface area contributed by atoms with E-state index in [-0.39, 0.29) is 0 Å². The molecule has 0 saturated carbocycles. The van der Waals surface area contributed by atoms with Crippen LogP contribution in [-0.4, -0.2) is 9.30 Å². The van der Waals surface area contributed by atoms with Gasteiger partial charge in [0.25, 0.3) is 0 Å². The van der Waals surface area contributed by atoms with Crippen LogP contribution in [0.3, 0.4) is 0 Å². The zero-order valence-electron chi connectivity index (χ0n) is 2.63. The van der Waals surface area contributed by atoms with Crippen LogP contribution in [0.5, 0.6) is 0 Å². The first kappa shape index (κ1) is 7.41. The van der Waals surface area contributed by atoms with E-state index in [4.69, 9.17) is 0 Å². The van der Waals surface area contributed by atoms with Crippen LogP contribution in [0, 0.1) is 0 Å². The van der Waals surface area contributed by atoms with Gasteiger partial charge in [-0.1, -0.05) is 67.8 Å². The van der Waals surface area contributed by atoms with E-state index in [1.807, 2.05) is 0 Å². The molecular formula is CH3I3Si. The second-order valence-electron chi connectivity index (χ2n) is 0.781. The molecule has 4 heteroatoms. The number of hydrogen-bond acceptors (Lipinski definition) is 0. The topological polar surface area (TPSA) is 0 Å². The van der Waals surface area contributed by atoms with Gasteiger partial charge in [0.05, 0.1) is 0 Å². The van der Waals surface area contributed by atoms with Crippen molar-refractivity contribution >= 4 is 78.0 Å². The highest BCUT2D eigenvalue weighted by molar-refractivity contribution is 14.3.